The van der Waals surface area contributed by atoms with Crippen molar-refractivity contribution in [2.24, 2.45) is 0 Å². The average molecular weight is 291 g/mol. The number of benzene rings is 1. The fourth-order valence-corrected chi connectivity index (χ4v) is 1.94. The first-order valence-corrected chi connectivity index (χ1v) is 5.99. The molecular formula is C14H14ClF3O. The number of hydrogen-bond donors (Lipinski definition) is 0. The first-order valence-electron chi connectivity index (χ1n) is 5.61. The van der Waals surface area contributed by atoms with Crippen LogP contribution in [0.4, 0.5) is 13.2 Å². The zero-order valence-corrected chi connectivity index (χ0v) is 11.8. The van der Waals surface area contributed by atoms with Crippen molar-refractivity contribution >= 4 is 22.4 Å². The Hall–Kier alpha value is -1.29. The van der Waals surface area contributed by atoms with E-state index in [1.807, 2.05) is 0 Å². The van der Waals surface area contributed by atoms with Crippen LogP contribution >= 0.6 is 11.6 Å². The quantitative estimate of drug-likeness (QED) is 0.684. The summed E-state index contributed by atoms with van der Waals surface area (Å²) in [5, 5.41) is -0.885. The molecule has 0 radical (unpaired) electrons. The van der Waals surface area contributed by atoms with Crippen molar-refractivity contribution in [1.82, 2.24) is 0 Å². The number of hydrogen-bond acceptors (Lipinski definition) is 1. The summed E-state index contributed by atoms with van der Waals surface area (Å²) in [6, 6.07) is 2.19. The van der Waals surface area contributed by atoms with Crippen LogP contribution < -0.4 is 0 Å². The standard InChI is InChI=1S/C14H14ClF3O/c1-7(2)9(4)11-5-8(3)10(13(15)19)6-12(11)14(16,17)18/h5-6H,1-4H3. The third-order valence-corrected chi connectivity index (χ3v) is 3.24. The average Bonchev–Trinajstić information content (AvgIpc) is 2.25. The van der Waals surface area contributed by atoms with Crippen LogP contribution in [0.3, 0.4) is 0 Å². The number of aryl methyl sites for hydroxylation is 1. The Morgan fingerprint density at radius 2 is 1.63 bits per heavy atom. The van der Waals surface area contributed by atoms with Gasteiger partial charge in [0.1, 0.15) is 0 Å². The first kappa shape index (κ1) is 15.8. The lowest BCUT2D eigenvalue weighted by Gasteiger charge is -2.17. The van der Waals surface area contributed by atoms with Gasteiger partial charge in [0, 0.05) is 5.56 Å². The van der Waals surface area contributed by atoms with E-state index in [1.54, 1.807) is 27.7 Å². The molecule has 104 valence electrons. The van der Waals surface area contributed by atoms with Crippen LogP contribution in [0.1, 0.15) is 47.8 Å². The first-order chi connectivity index (χ1) is 8.55. The van der Waals surface area contributed by atoms with Crippen molar-refractivity contribution in [3.63, 3.8) is 0 Å². The molecule has 0 saturated carbocycles. The Balaban J connectivity index is 3.70. The van der Waals surface area contributed by atoms with Crippen LogP contribution in [0.15, 0.2) is 17.7 Å². The Bertz CT molecular complexity index is 553. The molecule has 5 heteroatoms. The van der Waals surface area contributed by atoms with Crippen LogP contribution in [0.2, 0.25) is 0 Å². The lowest BCUT2D eigenvalue weighted by Crippen LogP contribution is -2.11. The van der Waals surface area contributed by atoms with Gasteiger partial charge in [-0.15, -0.1) is 0 Å². The van der Waals surface area contributed by atoms with Crippen LogP contribution in [0, 0.1) is 6.92 Å². The highest BCUT2D eigenvalue weighted by Crippen LogP contribution is 2.37. The van der Waals surface area contributed by atoms with Crippen LogP contribution in [-0.2, 0) is 6.18 Å². The summed E-state index contributed by atoms with van der Waals surface area (Å²) >= 11 is 5.31. The largest absolute Gasteiger partial charge is 0.417 e. The van der Waals surface area contributed by atoms with E-state index in [9.17, 15) is 18.0 Å². The van der Waals surface area contributed by atoms with Crippen LogP contribution in [0.25, 0.3) is 5.57 Å². The predicted molar refractivity (Wildman–Crippen MR) is 70.3 cm³/mol. The molecule has 1 rings (SSSR count). The maximum absolute atomic E-state index is 13.1. The number of halogens is 4. The van der Waals surface area contributed by atoms with Crippen molar-refractivity contribution in [1.29, 1.82) is 0 Å². The number of allylic oxidation sites excluding steroid dienone is 2. The molecule has 0 bridgehead atoms. The van der Waals surface area contributed by atoms with E-state index >= 15 is 0 Å². The molecule has 1 aromatic carbocycles. The number of carbonyl (C=O) groups is 1. The van der Waals surface area contributed by atoms with Gasteiger partial charge in [-0.25, -0.2) is 0 Å². The van der Waals surface area contributed by atoms with Gasteiger partial charge in [0.15, 0.2) is 0 Å². The summed E-state index contributed by atoms with van der Waals surface area (Å²) in [4.78, 5) is 11.1. The second kappa shape index (κ2) is 5.37. The number of alkyl halides is 3. The monoisotopic (exact) mass is 290 g/mol. The molecule has 0 unspecified atom stereocenters. The zero-order chi connectivity index (χ0) is 15.0. The van der Waals surface area contributed by atoms with Crippen LogP contribution in [-0.4, -0.2) is 5.24 Å². The highest BCUT2D eigenvalue weighted by Gasteiger charge is 2.35. The maximum Gasteiger partial charge on any atom is 0.417 e. The van der Waals surface area contributed by atoms with Gasteiger partial charge in [-0.3, -0.25) is 4.79 Å². The fraction of sp³-hybridized carbons (Fsp3) is 0.357. The molecule has 0 saturated heterocycles. The van der Waals surface area contributed by atoms with E-state index in [2.05, 4.69) is 0 Å². The second-order valence-electron chi connectivity index (χ2n) is 4.61. The summed E-state index contributed by atoms with van der Waals surface area (Å²) in [5.41, 5.74) is 0.911. The van der Waals surface area contributed by atoms with Crippen molar-refractivity contribution in [2.75, 3.05) is 0 Å². The predicted octanol–water partition coefficient (Wildman–Crippen LogP) is 5.21. The summed E-state index contributed by atoms with van der Waals surface area (Å²) in [7, 11) is 0. The SMILES string of the molecule is CC(C)=C(C)c1cc(C)c(C(=O)Cl)cc1C(F)(F)F. The molecule has 0 aliphatic heterocycles. The van der Waals surface area contributed by atoms with E-state index in [1.165, 1.54) is 6.07 Å². The molecule has 0 amide bonds. The summed E-state index contributed by atoms with van der Waals surface area (Å²) in [5.74, 6) is 0. The van der Waals surface area contributed by atoms with Gasteiger partial charge < -0.3 is 0 Å². The molecule has 19 heavy (non-hydrogen) atoms. The van der Waals surface area contributed by atoms with Crippen molar-refractivity contribution in [3.8, 4) is 0 Å². The molecule has 0 spiro atoms. The number of carbonyl (C=O) groups excluding carboxylic acids is 1. The summed E-state index contributed by atoms with van der Waals surface area (Å²) in [6.45, 7) is 6.68. The minimum absolute atomic E-state index is 0.0895. The molecule has 0 heterocycles. The Morgan fingerprint density at radius 3 is 2.00 bits per heavy atom. The third kappa shape index (κ3) is 3.38. The van der Waals surface area contributed by atoms with E-state index in [0.717, 1.165) is 11.6 Å². The van der Waals surface area contributed by atoms with E-state index in [-0.39, 0.29) is 11.1 Å². The van der Waals surface area contributed by atoms with Crippen molar-refractivity contribution in [2.45, 2.75) is 33.9 Å². The van der Waals surface area contributed by atoms with Gasteiger partial charge in [-0.2, -0.15) is 13.2 Å². The van der Waals surface area contributed by atoms with Gasteiger partial charge in [0.2, 0.25) is 0 Å². The summed E-state index contributed by atoms with van der Waals surface area (Å²) < 4.78 is 39.2. The lowest BCUT2D eigenvalue weighted by molar-refractivity contribution is -0.137. The topological polar surface area (TPSA) is 17.1 Å². The third-order valence-electron chi connectivity index (χ3n) is 3.04. The van der Waals surface area contributed by atoms with E-state index in [0.29, 0.717) is 11.1 Å². The minimum atomic E-state index is -4.53. The zero-order valence-electron chi connectivity index (χ0n) is 11.1. The molecule has 1 nitrogen and oxygen atoms in total. The van der Waals surface area contributed by atoms with E-state index < -0.39 is 17.0 Å². The maximum atomic E-state index is 13.1. The van der Waals surface area contributed by atoms with Crippen LogP contribution in [0.5, 0.6) is 0 Å². The van der Waals surface area contributed by atoms with E-state index in [4.69, 9.17) is 11.6 Å². The van der Waals surface area contributed by atoms with Gasteiger partial charge >= 0.3 is 6.18 Å². The molecule has 1 aromatic rings. The highest BCUT2D eigenvalue weighted by molar-refractivity contribution is 6.67. The Kier molecular flexibility index (Phi) is 4.46. The van der Waals surface area contributed by atoms with Crippen molar-refractivity contribution in [3.05, 3.63) is 40.0 Å². The molecule has 0 fully saturated rings. The molecule has 0 aliphatic carbocycles. The molecule has 0 atom stereocenters. The fourth-order valence-electron chi connectivity index (χ4n) is 1.73. The Labute approximate surface area is 115 Å². The molecule has 0 aliphatic rings. The van der Waals surface area contributed by atoms with Gasteiger partial charge in [-0.05, 0) is 62.1 Å². The molecular weight excluding hydrogens is 277 g/mol. The second-order valence-corrected chi connectivity index (χ2v) is 4.95. The molecule has 0 N–H and O–H groups in total. The number of rotatable bonds is 2. The lowest BCUT2D eigenvalue weighted by atomic mass is 9.93. The van der Waals surface area contributed by atoms with Crippen molar-refractivity contribution < 1.29 is 18.0 Å². The highest BCUT2D eigenvalue weighted by atomic mass is 35.5. The van der Waals surface area contributed by atoms with Gasteiger partial charge in [-0.1, -0.05) is 11.6 Å². The smallest absolute Gasteiger partial charge is 0.276 e. The van der Waals surface area contributed by atoms with Gasteiger partial charge in [0.25, 0.3) is 5.24 Å². The normalized spacial score (nSPS) is 11.4. The molecule has 0 aromatic heterocycles. The minimum Gasteiger partial charge on any atom is -0.276 e. The Morgan fingerprint density at radius 1 is 1.11 bits per heavy atom. The summed E-state index contributed by atoms with van der Waals surface area (Å²) in [6.07, 6.45) is -4.53. The van der Waals surface area contributed by atoms with Gasteiger partial charge in [0.05, 0.1) is 5.56 Å².